The maximum absolute atomic E-state index is 13.3. The van der Waals surface area contributed by atoms with E-state index in [4.69, 9.17) is 9.47 Å². The van der Waals surface area contributed by atoms with Crippen molar-refractivity contribution in [1.29, 1.82) is 0 Å². The third kappa shape index (κ3) is 5.63. The fourth-order valence-electron chi connectivity index (χ4n) is 3.38. The molecule has 0 radical (unpaired) electrons. The van der Waals surface area contributed by atoms with E-state index >= 15 is 0 Å². The lowest BCUT2D eigenvalue weighted by atomic mass is 10.2. The summed E-state index contributed by atoms with van der Waals surface area (Å²) in [6.45, 7) is 3.11. The molecule has 8 nitrogen and oxygen atoms in total. The average Bonchev–Trinajstić information content (AvgIpc) is 3.25. The van der Waals surface area contributed by atoms with E-state index in [9.17, 15) is 9.59 Å². The smallest absolute Gasteiger partial charge is 0.258 e. The highest BCUT2D eigenvalue weighted by molar-refractivity contribution is 7.09. The monoisotopic (exact) mass is 464 g/mol. The molecule has 2 heterocycles. The summed E-state index contributed by atoms with van der Waals surface area (Å²) in [4.78, 5) is 39.0. The first kappa shape index (κ1) is 22.6. The summed E-state index contributed by atoms with van der Waals surface area (Å²) in [5.74, 6) is 0.780. The van der Waals surface area contributed by atoms with E-state index in [1.54, 1.807) is 65.8 Å². The summed E-state index contributed by atoms with van der Waals surface area (Å²) in [5.41, 5.74) is 1.67. The molecule has 33 heavy (non-hydrogen) atoms. The van der Waals surface area contributed by atoms with Crippen LogP contribution in [-0.2, 0) is 17.9 Å². The highest BCUT2D eigenvalue weighted by Gasteiger charge is 2.18. The second-order valence-corrected chi connectivity index (χ2v) is 8.49. The van der Waals surface area contributed by atoms with Crippen molar-refractivity contribution in [2.24, 2.45) is 0 Å². The molecule has 0 unspecified atom stereocenters. The van der Waals surface area contributed by atoms with Crippen molar-refractivity contribution in [3.63, 3.8) is 0 Å². The van der Waals surface area contributed by atoms with Gasteiger partial charge in [-0.25, -0.2) is 9.97 Å². The van der Waals surface area contributed by atoms with Gasteiger partial charge in [0.05, 0.1) is 34.8 Å². The van der Waals surface area contributed by atoms with Crippen LogP contribution < -0.4 is 10.3 Å². The van der Waals surface area contributed by atoms with Crippen LogP contribution in [0.15, 0.2) is 58.7 Å². The second kappa shape index (κ2) is 10.4. The molecule has 0 aliphatic heterocycles. The maximum atomic E-state index is 13.3. The topological polar surface area (TPSA) is 97.4 Å². The molecular formula is C24H24N4O4S. The van der Waals surface area contributed by atoms with Crippen molar-refractivity contribution in [3.8, 4) is 5.75 Å². The maximum Gasteiger partial charge on any atom is 0.258 e. The summed E-state index contributed by atoms with van der Waals surface area (Å²) < 4.78 is 11.0. The van der Waals surface area contributed by atoms with Crippen LogP contribution in [-0.4, -0.2) is 46.0 Å². The number of hydrogen-bond acceptors (Lipinski definition) is 7. The predicted octanol–water partition coefficient (Wildman–Crippen LogP) is 3.56. The van der Waals surface area contributed by atoms with Crippen LogP contribution in [0.5, 0.6) is 5.75 Å². The minimum absolute atomic E-state index is 0.144. The van der Waals surface area contributed by atoms with E-state index in [0.29, 0.717) is 47.8 Å². The van der Waals surface area contributed by atoms with Crippen molar-refractivity contribution in [3.05, 3.63) is 86.4 Å². The van der Waals surface area contributed by atoms with Crippen LogP contribution in [0, 0.1) is 6.92 Å². The van der Waals surface area contributed by atoms with Crippen molar-refractivity contribution < 1.29 is 14.3 Å². The van der Waals surface area contributed by atoms with Crippen LogP contribution in [0.2, 0.25) is 0 Å². The third-order valence-electron chi connectivity index (χ3n) is 4.99. The lowest BCUT2D eigenvalue weighted by molar-refractivity contribution is 0.0674. The predicted molar refractivity (Wildman–Crippen MR) is 127 cm³/mol. The lowest BCUT2D eigenvalue weighted by Gasteiger charge is -2.22. The number of H-pyrrole nitrogens is 1. The van der Waals surface area contributed by atoms with Gasteiger partial charge in [-0.3, -0.25) is 9.59 Å². The van der Waals surface area contributed by atoms with Gasteiger partial charge in [0.25, 0.3) is 11.5 Å². The largest absolute Gasteiger partial charge is 0.487 e. The van der Waals surface area contributed by atoms with Crippen molar-refractivity contribution >= 4 is 28.1 Å². The normalized spacial score (nSPS) is 11.0. The number of thiazole rings is 1. The number of amides is 1. The zero-order valence-electron chi connectivity index (χ0n) is 18.4. The number of aromatic amines is 1. The molecule has 0 aliphatic rings. The lowest BCUT2D eigenvalue weighted by Crippen LogP contribution is -2.34. The molecule has 0 saturated carbocycles. The molecule has 0 fully saturated rings. The molecule has 2 aromatic heterocycles. The number of aryl methyl sites for hydroxylation is 1. The fourth-order valence-corrected chi connectivity index (χ4v) is 3.98. The van der Waals surface area contributed by atoms with Gasteiger partial charge in [0.1, 0.15) is 18.2 Å². The first-order valence-corrected chi connectivity index (χ1v) is 11.3. The highest BCUT2D eigenvalue weighted by atomic mass is 32.1. The molecule has 4 rings (SSSR count). The van der Waals surface area contributed by atoms with Gasteiger partial charge in [-0.2, -0.15) is 0 Å². The van der Waals surface area contributed by atoms with Gasteiger partial charge < -0.3 is 19.4 Å². The number of fused-ring (bicyclic) bond motifs is 1. The van der Waals surface area contributed by atoms with Crippen molar-refractivity contribution in [2.75, 3.05) is 20.3 Å². The Morgan fingerprint density at radius 2 is 2.00 bits per heavy atom. The van der Waals surface area contributed by atoms with Gasteiger partial charge in [-0.05, 0) is 37.3 Å². The number of ether oxygens (including phenoxy) is 2. The van der Waals surface area contributed by atoms with E-state index in [2.05, 4.69) is 15.0 Å². The number of nitrogens with one attached hydrogen (secondary N) is 1. The van der Waals surface area contributed by atoms with Crippen LogP contribution >= 0.6 is 11.3 Å². The number of benzene rings is 2. The van der Waals surface area contributed by atoms with Gasteiger partial charge >= 0.3 is 0 Å². The van der Waals surface area contributed by atoms with E-state index < -0.39 is 0 Å². The number of carbonyl (C=O) groups is 1. The number of methoxy groups -OCH3 is 1. The Kier molecular flexibility index (Phi) is 7.11. The van der Waals surface area contributed by atoms with E-state index in [1.807, 2.05) is 18.4 Å². The van der Waals surface area contributed by atoms with Gasteiger partial charge in [0, 0.05) is 24.6 Å². The number of hydrogen-bond donors (Lipinski definition) is 1. The molecule has 4 aromatic rings. The van der Waals surface area contributed by atoms with Crippen molar-refractivity contribution in [1.82, 2.24) is 19.9 Å². The Bertz CT molecular complexity index is 1320. The molecule has 0 bridgehead atoms. The molecule has 0 spiro atoms. The Morgan fingerprint density at radius 3 is 2.79 bits per heavy atom. The van der Waals surface area contributed by atoms with E-state index in [1.165, 1.54) is 0 Å². The Morgan fingerprint density at radius 1 is 1.15 bits per heavy atom. The van der Waals surface area contributed by atoms with Gasteiger partial charge in [-0.1, -0.05) is 18.2 Å². The third-order valence-corrected chi connectivity index (χ3v) is 5.81. The summed E-state index contributed by atoms with van der Waals surface area (Å²) in [6, 6.07) is 14.1. The van der Waals surface area contributed by atoms with Crippen LogP contribution in [0.25, 0.3) is 10.9 Å². The first-order chi connectivity index (χ1) is 16.0. The molecule has 0 saturated heterocycles. The molecular weight excluding hydrogens is 440 g/mol. The molecule has 170 valence electrons. The van der Waals surface area contributed by atoms with E-state index in [-0.39, 0.29) is 18.0 Å². The molecule has 9 heteroatoms. The van der Waals surface area contributed by atoms with Gasteiger partial charge in [-0.15, -0.1) is 11.3 Å². The average molecular weight is 465 g/mol. The molecule has 1 amide bonds. The second-order valence-electron chi connectivity index (χ2n) is 7.42. The Balaban J connectivity index is 1.53. The standard InChI is InChI=1S/C24H24N4O4S/c1-16-25-18(15-33-16)14-32-19-7-5-6-17(12-19)24(30)28(10-11-31-2)13-22-26-21-9-4-3-8-20(21)23(29)27-22/h3-9,12,15H,10-11,13-14H2,1-2H3,(H,26,27,29). The van der Waals surface area contributed by atoms with Gasteiger partial charge in [0.15, 0.2) is 0 Å². The molecule has 1 N–H and O–H groups in total. The molecule has 0 aliphatic carbocycles. The van der Waals surface area contributed by atoms with Crippen LogP contribution in [0.1, 0.15) is 26.9 Å². The number of rotatable bonds is 9. The Labute approximate surface area is 194 Å². The summed E-state index contributed by atoms with van der Waals surface area (Å²) >= 11 is 1.57. The first-order valence-electron chi connectivity index (χ1n) is 10.4. The highest BCUT2D eigenvalue weighted by Crippen LogP contribution is 2.18. The number of carbonyl (C=O) groups excluding carboxylic acids is 1. The minimum Gasteiger partial charge on any atom is -0.487 e. The quantitative estimate of drug-likeness (QED) is 0.407. The number of nitrogens with zero attached hydrogens (tertiary/aromatic N) is 3. The molecule has 2 aromatic carbocycles. The SMILES string of the molecule is COCCN(Cc1nc2ccccc2c(=O)[nH]1)C(=O)c1cccc(OCc2csc(C)n2)c1. The zero-order chi connectivity index (χ0) is 23.2. The van der Waals surface area contributed by atoms with Crippen molar-refractivity contribution in [2.45, 2.75) is 20.1 Å². The number of para-hydroxylation sites is 1. The summed E-state index contributed by atoms with van der Waals surface area (Å²) in [7, 11) is 1.58. The summed E-state index contributed by atoms with van der Waals surface area (Å²) in [5, 5.41) is 3.44. The molecule has 0 atom stereocenters. The number of aromatic nitrogens is 3. The zero-order valence-corrected chi connectivity index (χ0v) is 19.2. The fraction of sp³-hybridized carbons (Fsp3) is 0.250. The van der Waals surface area contributed by atoms with Crippen LogP contribution in [0.4, 0.5) is 0 Å². The minimum atomic E-state index is -0.234. The summed E-state index contributed by atoms with van der Waals surface area (Å²) in [6.07, 6.45) is 0. The van der Waals surface area contributed by atoms with Crippen LogP contribution in [0.3, 0.4) is 0 Å². The van der Waals surface area contributed by atoms with Gasteiger partial charge in [0.2, 0.25) is 0 Å². The van der Waals surface area contributed by atoms with E-state index in [0.717, 1.165) is 10.7 Å². The Hall–Kier alpha value is -3.56.